The molecule has 2 bridgehead atoms. The molecule has 11 heteroatoms. The second kappa shape index (κ2) is 9.47. The molecule has 2 aliphatic rings. The standard InChI is InChI=1S/C29H26F4N3O3P/c1-35-14-17-10-23(27-16(11-26(35)37)5-4-6-24(27)39-29(32)33)36-22-9-15(7-8-21(22)34-28(17)36)18-12-20(31)25(13-19(18)30)40(2,3)38/h4-9,12-13,17,23,29H,10-11,14H2,1-3H3/t17-,23+/m0/s1/i1D3. The van der Waals surface area contributed by atoms with Gasteiger partial charge in [0.25, 0.3) is 0 Å². The third-order valence-electron chi connectivity index (χ3n) is 7.58. The van der Waals surface area contributed by atoms with Crippen molar-refractivity contribution in [1.82, 2.24) is 14.5 Å². The summed E-state index contributed by atoms with van der Waals surface area (Å²) in [4.78, 5) is 18.8. The molecule has 208 valence electrons. The first-order valence-corrected chi connectivity index (χ1v) is 15.2. The lowest BCUT2D eigenvalue weighted by Crippen LogP contribution is -2.32. The van der Waals surface area contributed by atoms with Crippen molar-refractivity contribution in [3.63, 3.8) is 0 Å². The van der Waals surface area contributed by atoms with Crippen LogP contribution in [0.5, 0.6) is 5.75 Å². The number of halogens is 4. The van der Waals surface area contributed by atoms with E-state index in [-0.39, 0.29) is 36.0 Å². The molecular formula is C29H26F4N3O3P. The highest BCUT2D eigenvalue weighted by Crippen LogP contribution is 2.48. The van der Waals surface area contributed by atoms with Crippen molar-refractivity contribution in [3.8, 4) is 16.9 Å². The molecule has 2 aliphatic heterocycles. The van der Waals surface area contributed by atoms with E-state index in [0.717, 1.165) is 17.0 Å². The number of alkyl halides is 2. The lowest BCUT2D eigenvalue weighted by Gasteiger charge is -2.23. The number of ether oxygens (including phenoxy) is 1. The summed E-state index contributed by atoms with van der Waals surface area (Å²) in [5, 5.41) is -0.200. The van der Waals surface area contributed by atoms with Gasteiger partial charge in [0.05, 0.1) is 23.5 Å². The van der Waals surface area contributed by atoms with Gasteiger partial charge >= 0.3 is 6.61 Å². The van der Waals surface area contributed by atoms with Crippen molar-refractivity contribution in [2.75, 3.05) is 26.9 Å². The zero-order valence-corrected chi connectivity index (χ0v) is 22.4. The number of hydrogen-bond donors (Lipinski definition) is 0. The Kier molecular flexibility index (Phi) is 5.47. The minimum atomic E-state index is -3.15. The summed E-state index contributed by atoms with van der Waals surface area (Å²) in [7, 11) is -3.09. The lowest BCUT2D eigenvalue weighted by molar-refractivity contribution is -0.129. The second-order valence-corrected chi connectivity index (χ2v) is 13.7. The first-order chi connectivity index (χ1) is 20.1. The predicted octanol–water partition coefficient (Wildman–Crippen LogP) is 5.92. The number of likely N-dealkylation sites (N-methyl/N-ethyl adjacent to an activating group) is 1. The van der Waals surface area contributed by atoms with Crippen molar-refractivity contribution >= 4 is 29.4 Å². The SMILES string of the molecule is [2H]C([2H])([2H])N1C[C@@H]2C[C@H](c3c(cccc3OC(F)F)CC1=O)n1c2nc2ccc(-c3cc(F)c(P(C)(C)=O)cc3F)cc21. The highest BCUT2D eigenvalue weighted by Gasteiger charge is 2.40. The zero-order chi connectivity index (χ0) is 31.0. The van der Waals surface area contributed by atoms with Crippen LogP contribution >= 0.6 is 7.14 Å². The van der Waals surface area contributed by atoms with E-state index in [9.17, 15) is 22.5 Å². The summed E-state index contributed by atoms with van der Waals surface area (Å²) < 4.78 is 100. The maximum absolute atomic E-state index is 15.3. The van der Waals surface area contributed by atoms with Crippen LogP contribution in [-0.4, -0.2) is 53.8 Å². The third-order valence-corrected chi connectivity index (χ3v) is 9.08. The van der Waals surface area contributed by atoms with Gasteiger partial charge in [-0.2, -0.15) is 8.78 Å². The Morgan fingerprint density at radius 1 is 1.12 bits per heavy atom. The van der Waals surface area contributed by atoms with Crippen LogP contribution in [0, 0.1) is 11.6 Å². The van der Waals surface area contributed by atoms with Gasteiger partial charge in [0.2, 0.25) is 5.91 Å². The largest absolute Gasteiger partial charge is 0.434 e. The fraction of sp³-hybridized carbons (Fsp3) is 0.310. The topological polar surface area (TPSA) is 64.4 Å². The molecular weight excluding hydrogens is 545 g/mol. The first-order valence-electron chi connectivity index (χ1n) is 14.1. The minimum absolute atomic E-state index is 0.0688. The van der Waals surface area contributed by atoms with Gasteiger partial charge in [-0.3, -0.25) is 4.79 Å². The number of amides is 1. The molecule has 0 saturated heterocycles. The van der Waals surface area contributed by atoms with E-state index >= 15 is 4.39 Å². The summed E-state index contributed by atoms with van der Waals surface area (Å²) in [6, 6.07) is 10.4. The van der Waals surface area contributed by atoms with E-state index in [1.165, 1.54) is 25.5 Å². The molecule has 4 aromatic rings. The summed E-state index contributed by atoms with van der Waals surface area (Å²) in [5.74, 6) is -2.55. The van der Waals surface area contributed by atoms with Crippen LogP contribution in [0.3, 0.4) is 0 Å². The van der Waals surface area contributed by atoms with E-state index in [1.807, 2.05) is 0 Å². The van der Waals surface area contributed by atoms with Crippen LogP contribution in [-0.2, 0) is 15.8 Å². The molecule has 0 spiro atoms. The summed E-state index contributed by atoms with van der Waals surface area (Å²) >= 11 is 0. The molecule has 40 heavy (non-hydrogen) atoms. The lowest BCUT2D eigenvalue weighted by atomic mass is 9.93. The number of carbonyl (C=O) groups excluding carboxylic acids is 1. The average molecular weight is 575 g/mol. The predicted molar refractivity (Wildman–Crippen MR) is 144 cm³/mol. The first kappa shape index (κ1) is 23.1. The fourth-order valence-corrected chi connectivity index (χ4v) is 6.85. The highest BCUT2D eigenvalue weighted by molar-refractivity contribution is 7.70. The van der Waals surface area contributed by atoms with Gasteiger partial charge in [-0.05, 0) is 61.2 Å². The van der Waals surface area contributed by atoms with E-state index in [0.29, 0.717) is 33.5 Å². The summed E-state index contributed by atoms with van der Waals surface area (Å²) in [6.45, 7) is -3.39. The summed E-state index contributed by atoms with van der Waals surface area (Å²) in [5.41, 5.74) is 1.80. The number of hydrogen-bond acceptors (Lipinski definition) is 4. The number of rotatable bonds is 4. The van der Waals surface area contributed by atoms with Crippen LogP contribution < -0.4 is 10.0 Å². The molecule has 6 rings (SSSR count). The van der Waals surface area contributed by atoms with E-state index in [2.05, 4.69) is 0 Å². The molecule has 0 fully saturated rings. The van der Waals surface area contributed by atoms with Gasteiger partial charge in [0.1, 0.15) is 30.4 Å². The molecule has 3 aromatic carbocycles. The second-order valence-electron chi connectivity index (χ2n) is 10.5. The molecule has 6 nitrogen and oxygen atoms in total. The van der Waals surface area contributed by atoms with Crippen molar-refractivity contribution in [3.05, 3.63) is 77.1 Å². The fourth-order valence-electron chi connectivity index (χ4n) is 5.85. The van der Waals surface area contributed by atoms with Gasteiger partial charge in [0, 0.05) is 40.0 Å². The molecule has 2 atom stereocenters. The molecule has 0 unspecified atom stereocenters. The number of carbonyl (C=O) groups is 1. The minimum Gasteiger partial charge on any atom is -0.434 e. The van der Waals surface area contributed by atoms with Crippen LogP contribution in [0.1, 0.15) is 39.4 Å². The maximum atomic E-state index is 15.3. The quantitative estimate of drug-likeness (QED) is 0.224. The smallest absolute Gasteiger partial charge is 0.387 e. The molecule has 0 N–H and O–H groups in total. The molecule has 0 aliphatic carbocycles. The van der Waals surface area contributed by atoms with Gasteiger partial charge < -0.3 is 18.8 Å². The van der Waals surface area contributed by atoms with Gasteiger partial charge in [-0.25, -0.2) is 13.8 Å². The van der Waals surface area contributed by atoms with Crippen LogP contribution in [0.4, 0.5) is 17.6 Å². The van der Waals surface area contributed by atoms with Crippen molar-refractivity contribution in [2.24, 2.45) is 0 Å². The van der Waals surface area contributed by atoms with Crippen molar-refractivity contribution < 1.29 is 35.8 Å². The van der Waals surface area contributed by atoms with Crippen molar-refractivity contribution in [2.45, 2.75) is 31.4 Å². The number of imidazole rings is 1. The highest BCUT2D eigenvalue weighted by atomic mass is 31.2. The Hall–Kier alpha value is -3.65. The molecule has 1 amide bonds. The zero-order valence-electron chi connectivity index (χ0n) is 24.5. The Labute approximate surface area is 232 Å². The molecule has 0 saturated carbocycles. The number of benzene rings is 3. The maximum Gasteiger partial charge on any atom is 0.387 e. The molecule has 1 aromatic heterocycles. The van der Waals surface area contributed by atoms with Crippen molar-refractivity contribution in [1.29, 1.82) is 0 Å². The average Bonchev–Trinajstić information content (AvgIpc) is 3.45. The van der Waals surface area contributed by atoms with Gasteiger partial charge in [-0.15, -0.1) is 0 Å². The molecule has 0 radical (unpaired) electrons. The van der Waals surface area contributed by atoms with E-state index in [1.54, 1.807) is 28.8 Å². The monoisotopic (exact) mass is 574 g/mol. The summed E-state index contributed by atoms with van der Waals surface area (Å²) in [6.07, 6.45) is -0.112. The third kappa shape index (κ3) is 4.38. The Morgan fingerprint density at radius 2 is 1.93 bits per heavy atom. The molecule has 3 heterocycles. The Morgan fingerprint density at radius 3 is 2.65 bits per heavy atom. The number of aromatic nitrogens is 2. The Bertz CT molecular complexity index is 1840. The van der Waals surface area contributed by atoms with E-state index < -0.39 is 50.2 Å². The van der Waals surface area contributed by atoms with Crippen LogP contribution in [0.25, 0.3) is 22.2 Å². The number of fused-ring (bicyclic) bond motifs is 9. The van der Waals surface area contributed by atoms with Crippen LogP contribution in [0.2, 0.25) is 0 Å². The normalized spacial score (nSPS) is 20.3. The van der Waals surface area contributed by atoms with Gasteiger partial charge in [0.15, 0.2) is 0 Å². The van der Waals surface area contributed by atoms with E-state index in [4.69, 9.17) is 13.8 Å². The number of nitrogens with zero attached hydrogens (tertiary/aromatic N) is 3. The van der Waals surface area contributed by atoms with Crippen LogP contribution in [0.15, 0.2) is 48.5 Å². The Balaban J connectivity index is 1.58. The van der Waals surface area contributed by atoms with Gasteiger partial charge in [-0.1, -0.05) is 18.2 Å².